The van der Waals surface area contributed by atoms with E-state index in [2.05, 4.69) is 339 Å². The second kappa shape index (κ2) is 24.1. The van der Waals surface area contributed by atoms with Crippen molar-refractivity contribution >= 4 is 142 Å². The van der Waals surface area contributed by atoms with Crippen LogP contribution in [0.1, 0.15) is 25.0 Å². The molecule has 486 valence electrons. The Morgan fingerprint density at radius 3 is 1.11 bits per heavy atom. The first-order valence-electron chi connectivity index (χ1n) is 35.2. The highest BCUT2D eigenvalue weighted by Gasteiger charge is 2.36. The van der Waals surface area contributed by atoms with Crippen LogP contribution >= 0.6 is 11.3 Å². The molecular weight excluding hydrogens is 1270 g/mol. The highest BCUT2D eigenvalue weighted by molar-refractivity contribution is 7.25. The molecule has 0 spiro atoms. The van der Waals surface area contributed by atoms with Crippen LogP contribution in [-0.4, -0.2) is 0 Å². The number of hydrogen-bond donors (Lipinski definition) is 0. The van der Waals surface area contributed by atoms with Gasteiger partial charge in [-0.25, -0.2) is 0 Å². The van der Waals surface area contributed by atoms with Crippen LogP contribution in [0.25, 0.3) is 152 Å². The quantitative estimate of drug-likeness (QED) is 0.137. The SMILES string of the molecule is CC1(C)c2ccccc2-c2ccc(N(c3ccc(-c4ccc5oc6ccccc6c5c4)cc3)c3ccc(-c4ccc5oc6ccccc6c5c4)cc3)cc21.c1ccc2c(N(c3ccc(-c4ccc5oc6ccccc6c5c4)cc3)c3ccc(-c4ccc5sc6ccccc6c5c4)cc3)cccc2c1. The molecule has 4 heterocycles. The fourth-order valence-electron chi connectivity index (χ4n) is 15.9. The van der Waals surface area contributed by atoms with E-state index in [1.54, 1.807) is 0 Å². The van der Waals surface area contributed by atoms with E-state index in [1.165, 1.54) is 75.5 Å². The minimum absolute atomic E-state index is 0.104. The number of anilines is 6. The maximum absolute atomic E-state index is 6.12. The highest BCUT2D eigenvalue weighted by atomic mass is 32.1. The summed E-state index contributed by atoms with van der Waals surface area (Å²) in [6.07, 6.45) is 0. The summed E-state index contributed by atoms with van der Waals surface area (Å²) < 4.78 is 21.0. The predicted molar refractivity (Wildman–Crippen MR) is 434 cm³/mol. The van der Waals surface area contributed by atoms with Gasteiger partial charge in [0.1, 0.15) is 33.5 Å². The van der Waals surface area contributed by atoms with Crippen molar-refractivity contribution in [3.05, 3.63) is 363 Å². The molecular formula is C97H64N2O3S. The van der Waals surface area contributed by atoms with E-state index < -0.39 is 0 Å². The number of nitrogens with zero attached hydrogens (tertiary/aromatic N) is 2. The van der Waals surface area contributed by atoms with Crippen LogP contribution in [0.4, 0.5) is 34.1 Å². The second-order valence-electron chi connectivity index (χ2n) is 27.5. The Labute approximate surface area is 599 Å². The number of furan rings is 3. The highest BCUT2D eigenvalue weighted by Crippen LogP contribution is 2.52. The largest absolute Gasteiger partial charge is 0.456 e. The molecule has 0 radical (unpaired) electrons. The average Bonchev–Trinajstić information content (AvgIpc) is 1.61. The molecule has 0 atom stereocenters. The molecule has 0 fully saturated rings. The minimum Gasteiger partial charge on any atom is -0.456 e. The maximum Gasteiger partial charge on any atom is 0.135 e. The Morgan fingerprint density at radius 1 is 0.233 bits per heavy atom. The van der Waals surface area contributed by atoms with Gasteiger partial charge in [0.2, 0.25) is 0 Å². The molecule has 20 aromatic rings. The normalized spacial score (nSPS) is 12.4. The Kier molecular flexibility index (Phi) is 14.1. The summed E-state index contributed by atoms with van der Waals surface area (Å²) in [5, 5.41) is 11.9. The van der Waals surface area contributed by atoms with Crippen LogP contribution in [0.15, 0.2) is 365 Å². The first-order chi connectivity index (χ1) is 50.8. The molecule has 0 bridgehead atoms. The summed E-state index contributed by atoms with van der Waals surface area (Å²) in [6, 6.07) is 127. The third-order valence-electron chi connectivity index (χ3n) is 21.2. The van der Waals surface area contributed by atoms with Crippen LogP contribution in [0.3, 0.4) is 0 Å². The Balaban J connectivity index is 0.000000138. The van der Waals surface area contributed by atoms with E-state index in [-0.39, 0.29) is 5.41 Å². The van der Waals surface area contributed by atoms with Crippen LogP contribution in [0, 0.1) is 0 Å². The molecule has 4 aromatic heterocycles. The molecule has 0 amide bonds. The van der Waals surface area contributed by atoms with Crippen LogP contribution < -0.4 is 9.80 Å². The molecule has 0 N–H and O–H groups in total. The van der Waals surface area contributed by atoms with Gasteiger partial charge in [-0.3, -0.25) is 0 Å². The van der Waals surface area contributed by atoms with Gasteiger partial charge in [-0.2, -0.15) is 0 Å². The number of benzene rings is 16. The van der Waals surface area contributed by atoms with Crippen molar-refractivity contribution in [1.82, 2.24) is 0 Å². The molecule has 5 nitrogen and oxygen atoms in total. The van der Waals surface area contributed by atoms with Crippen molar-refractivity contribution in [1.29, 1.82) is 0 Å². The first kappa shape index (κ1) is 60.0. The van der Waals surface area contributed by atoms with E-state index in [1.807, 2.05) is 47.7 Å². The number of para-hydroxylation sites is 3. The molecule has 6 heteroatoms. The standard InChI is InChI=1S/C51H35NO2.C46H29NOS/c1-51(2)45-12-6-3-9-39(45)40-26-25-38(31-46(40)51)52(36-21-15-32(16-22-36)34-19-27-49-43(29-34)41-10-4-7-13-47(41)53-49)37-23-17-33(18-24-37)35-20-28-50-44(30-35)42-11-5-8-14-48(42)54-50;1-2-10-37-32(8-1)9-7-13-42(37)47(35-22-16-30(17-23-35)33-20-26-44-40(28-33)38-11-3-5-14-43(38)48-44)36-24-18-31(19-25-36)34-21-27-46-41(29-34)39-12-4-6-15-45(39)49-46/h3-31H,1-2H3;1-29H. The van der Waals surface area contributed by atoms with Crippen LogP contribution in [-0.2, 0) is 5.41 Å². The van der Waals surface area contributed by atoms with Gasteiger partial charge in [0, 0.05) is 91.7 Å². The predicted octanol–water partition coefficient (Wildman–Crippen LogP) is 28.5. The van der Waals surface area contributed by atoms with E-state index in [0.717, 1.165) is 122 Å². The molecule has 1 aliphatic rings. The number of hydrogen-bond acceptors (Lipinski definition) is 6. The smallest absolute Gasteiger partial charge is 0.135 e. The van der Waals surface area contributed by atoms with Gasteiger partial charge >= 0.3 is 0 Å². The van der Waals surface area contributed by atoms with Gasteiger partial charge in [-0.15, -0.1) is 11.3 Å². The topological polar surface area (TPSA) is 45.9 Å². The van der Waals surface area contributed by atoms with Gasteiger partial charge in [0.25, 0.3) is 0 Å². The van der Waals surface area contributed by atoms with Crippen molar-refractivity contribution in [3.63, 3.8) is 0 Å². The van der Waals surface area contributed by atoms with Crippen molar-refractivity contribution in [2.75, 3.05) is 9.80 Å². The zero-order chi connectivity index (χ0) is 68.3. The van der Waals surface area contributed by atoms with E-state index >= 15 is 0 Å². The van der Waals surface area contributed by atoms with Crippen molar-refractivity contribution in [2.24, 2.45) is 0 Å². The molecule has 0 saturated carbocycles. The van der Waals surface area contributed by atoms with Gasteiger partial charge in [-0.1, -0.05) is 226 Å². The van der Waals surface area contributed by atoms with E-state index in [9.17, 15) is 0 Å². The average molecular weight is 1340 g/mol. The van der Waals surface area contributed by atoms with Gasteiger partial charge in [0.05, 0.1) is 5.69 Å². The Morgan fingerprint density at radius 2 is 0.592 bits per heavy atom. The first-order valence-corrected chi connectivity index (χ1v) is 36.0. The molecule has 21 rings (SSSR count). The third kappa shape index (κ3) is 10.3. The maximum atomic E-state index is 6.12. The van der Waals surface area contributed by atoms with Gasteiger partial charge in [-0.05, 0) is 212 Å². The van der Waals surface area contributed by atoms with Crippen LogP contribution in [0.5, 0.6) is 0 Å². The Hall–Kier alpha value is -13.0. The van der Waals surface area contributed by atoms with Crippen molar-refractivity contribution in [3.8, 4) is 55.6 Å². The summed E-state index contributed by atoms with van der Waals surface area (Å²) in [4.78, 5) is 4.75. The lowest BCUT2D eigenvalue weighted by molar-refractivity contribution is 0.660. The van der Waals surface area contributed by atoms with Crippen LogP contribution in [0.2, 0.25) is 0 Å². The number of fused-ring (bicyclic) bond motifs is 16. The van der Waals surface area contributed by atoms with E-state index in [0.29, 0.717) is 0 Å². The zero-order valence-corrected chi connectivity index (χ0v) is 57.3. The number of rotatable bonds is 10. The minimum atomic E-state index is -0.104. The molecule has 16 aromatic carbocycles. The lowest BCUT2D eigenvalue weighted by atomic mass is 9.82. The summed E-state index contributed by atoms with van der Waals surface area (Å²) >= 11 is 1.86. The zero-order valence-electron chi connectivity index (χ0n) is 56.5. The third-order valence-corrected chi connectivity index (χ3v) is 22.3. The lowest BCUT2D eigenvalue weighted by Gasteiger charge is -2.28. The molecule has 0 aliphatic heterocycles. The number of thiophene rings is 1. The summed E-state index contributed by atoms with van der Waals surface area (Å²) in [5.74, 6) is 0. The molecule has 1 aliphatic carbocycles. The lowest BCUT2D eigenvalue weighted by Crippen LogP contribution is -2.16. The van der Waals surface area contributed by atoms with E-state index in [4.69, 9.17) is 13.3 Å². The fourth-order valence-corrected chi connectivity index (χ4v) is 17.0. The fraction of sp³-hybridized carbons (Fsp3) is 0.0309. The van der Waals surface area contributed by atoms with Gasteiger partial charge in [0.15, 0.2) is 0 Å². The molecule has 103 heavy (non-hydrogen) atoms. The Bertz CT molecular complexity index is 6390. The molecule has 0 unspecified atom stereocenters. The van der Waals surface area contributed by atoms with Crippen molar-refractivity contribution in [2.45, 2.75) is 19.3 Å². The van der Waals surface area contributed by atoms with Crippen molar-refractivity contribution < 1.29 is 13.3 Å². The van der Waals surface area contributed by atoms with Gasteiger partial charge < -0.3 is 23.1 Å². The summed E-state index contributed by atoms with van der Waals surface area (Å²) in [5.41, 5.74) is 26.9. The monoisotopic (exact) mass is 1340 g/mol. The molecule has 0 saturated heterocycles. The summed E-state index contributed by atoms with van der Waals surface area (Å²) in [7, 11) is 0. The summed E-state index contributed by atoms with van der Waals surface area (Å²) in [6.45, 7) is 4.69. The second-order valence-corrected chi connectivity index (χ2v) is 28.6.